The van der Waals surface area contributed by atoms with Crippen molar-refractivity contribution in [3.05, 3.63) is 47.4 Å². The van der Waals surface area contributed by atoms with E-state index in [-0.39, 0.29) is 0 Å². The molecule has 2 aromatic heterocycles. The molecule has 1 fully saturated rings. The second-order valence-electron chi connectivity index (χ2n) is 6.00. The molecule has 0 aliphatic carbocycles. The van der Waals surface area contributed by atoms with Crippen molar-refractivity contribution in [1.29, 1.82) is 0 Å². The smallest absolute Gasteiger partial charge is 0.377 e. The molecule has 0 amide bonds. The van der Waals surface area contributed by atoms with Gasteiger partial charge in [-0.05, 0) is 25.0 Å². The van der Waals surface area contributed by atoms with Gasteiger partial charge in [-0.3, -0.25) is 0 Å². The fourth-order valence-corrected chi connectivity index (χ4v) is 2.81. The number of nitrogens with zero attached hydrogens (tertiary/aromatic N) is 3. The summed E-state index contributed by atoms with van der Waals surface area (Å²) >= 11 is 0. The third-order valence-electron chi connectivity index (χ3n) is 4.24. The molecule has 0 bridgehead atoms. The third kappa shape index (κ3) is 4.06. The number of pyridine rings is 2. The first kappa shape index (κ1) is 19.2. The van der Waals surface area contributed by atoms with E-state index in [1.165, 1.54) is 6.07 Å². The summed E-state index contributed by atoms with van der Waals surface area (Å²) in [7, 11) is 0. The van der Waals surface area contributed by atoms with Crippen LogP contribution in [-0.2, 0) is 6.18 Å². The minimum absolute atomic E-state index is 0.327. The van der Waals surface area contributed by atoms with Crippen LogP contribution < -0.4 is 10.2 Å². The molecule has 0 spiro atoms. The Morgan fingerprint density at radius 1 is 0.963 bits per heavy atom. The van der Waals surface area contributed by atoms with Gasteiger partial charge in [-0.25, -0.2) is 4.98 Å². The predicted molar refractivity (Wildman–Crippen MR) is 82.2 cm³/mol. The van der Waals surface area contributed by atoms with E-state index in [0.717, 1.165) is 12.3 Å². The van der Waals surface area contributed by atoms with E-state index in [0.29, 0.717) is 31.7 Å². The number of alkyl halides is 3. The van der Waals surface area contributed by atoms with Gasteiger partial charge in [-0.1, -0.05) is 0 Å². The summed E-state index contributed by atoms with van der Waals surface area (Å²) in [5, 5.41) is 2.43. The fraction of sp³-hybridized carbons (Fsp3) is 0.375. The second kappa shape index (κ2) is 7.20. The topological polar surface area (TPSA) is 41.1 Å². The van der Waals surface area contributed by atoms with E-state index >= 15 is 0 Å². The number of anilines is 2. The molecule has 4 nitrogen and oxygen atoms in total. The van der Waals surface area contributed by atoms with E-state index in [1.54, 1.807) is 4.90 Å². The number of nitrogens with one attached hydrogen (secondary N) is 1. The quantitative estimate of drug-likeness (QED) is 0.628. The predicted octanol–water partition coefficient (Wildman–Crippen LogP) is 4.13. The average Bonchev–Trinajstić information content (AvgIpc) is 2.63. The molecule has 0 radical (unpaired) electrons. The summed E-state index contributed by atoms with van der Waals surface area (Å²) in [6.07, 6.45) is -3.10. The van der Waals surface area contributed by atoms with Gasteiger partial charge in [-0.15, -0.1) is 0 Å². The summed E-state index contributed by atoms with van der Waals surface area (Å²) in [6.45, 7) is 0.657. The number of halogens is 7. The Hall–Kier alpha value is -2.59. The van der Waals surface area contributed by atoms with Crippen molar-refractivity contribution in [1.82, 2.24) is 9.97 Å². The molecule has 3 heterocycles. The first-order valence-electron chi connectivity index (χ1n) is 7.91. The first-order chi connectivity index (χ1) is 12.7. The van der Waals surface area contributed by atoms with Crippen LogP contribution in [0.1, 0.15) is 18.4 Å². The van der Waals surface area contributed by atoms with Crippen LogP contribution in [0.25, 0.3) is 0 Å². The maximum Gasteiger partial charge on any atom is 0.417 e. The standard InChI is InChI=1S/C16H13F7N4/c17-11-13(12(18)15(20)26-14(11)19)25-9-3-5-27(6-4-9)10-2-1-8(7-24-10)16(21,22)23/h1-2,7,9H,3-6H2,(H,25,26). The maximum absolute atomic E-state index is 13.7. The Bertz CT molecular complexity index is 789. The molecule has 146 valence electrons. The SMILES string of the molecule is Fc1nc(F)c(F)c(NC2CCN(c3ccc(C(F)(F)F)cn3)CC2)c1F. The van der Waals surface area contributed by atoms with Crippen LogP contribution in [0.3, 0.4) is 0 Å². The van der Waals surface area contributed by atoms with Crippen molar-refractivity contribution in [2.24, 2.45) is 0 Å². The first-order valence-corrected chi connectivity index (χ1v) is 7.91. The molecule has 1 saturated heterocycles. The summed E-state index contributed by atoms with van der Waals surface area (Å²) in [6, 6.07) is 1.67. The second-order valence-corrected chi connectivity index (χ2v) is 6.00. The highest BCUT2D eigenvalue weighted by Crippen LogP contribution is 2.30. The fourth-order valence-electron chi connectivity index (χ4n) is 2.81. The molecule has 0 saturated carbocycles. The highest BCUT2D eigenvalue weighted by atomic mass is 19.4. The zero-order valence-electron chi connectivity index (χ0n) is 13.6. The number of rotatable bonds is 3. The number of hydrogen-bond acceptors (Lipinski definition) is 4. The van der Waals surface area contributed by atoms with Crippen molar-refractivity contribution in [2.45, 2.75) is 25.1 Å². The van der Waals surface area contributed by atoms with Gasteiger partial charge in [0.2, 0.25) is 11.6 Å². The minimum Gasteiger partial charge on any atom is -0.377 e. The van der Waals surface area contributed by atoms with Gasteiger partial charge in [0.1, 0.15) is 11.5 Å². The molecule has 11 heteroatoms. The summed E-state index contributed by atoms with van der Waals surface area (Å²) in [4.78, 5) is 7.98. The Balaban J connectivity index is 1.65. The normalized spacial score (nSPS) is 15.9. The average molecular weight is 394 g/mol. The van der Waals surface area contributed by atoms with Gasteiger partial charge in [0.15, 0.2) is 0 Å². The van der Waals surface area contributed by atoms with E-state index in [4.69, 9.17) is 0 Å². The van der Waals surface area contributed by atoms with Crippen LogP contribution in [0.15, 0.2) is 18.3 Å². The van der Waals surface area contributed by atoms with Crippen LogP contribution >= 0.6 is 0 Å². The van der Waals surface area contributed by atoms with Gasteiger partial charge in [0, 0.05) is 25.3 Å². The Labute approximate surface area is 149 Å². The zero-order valence-corrected chi connectivity index (χ0v) is 13.6. The lowest BCUT2D eigenvalue weighted by molar-refractivity contribution is -0.137. The molecule has 0 unspecified atom stereocenters. The summed E-state index contributed by atoms with van der Waals surface area (Å²) in [5.74, 6) is -6.38. The number of aromatic nitrogens is 2. The highest BCUT2D eigenvalue weighted by molar-refractivity contribution is 5.47. The molecule has 27 heavy (non-hydrogen) atoms. The molecule has 1 aliphatic heterocycles. The van der Waals surface area contributed by atoms with E-state index in [1.807, 2.05) is 0 Å². The molecule has 1 N–H and O–H groups in total. The van der Waals surface area contributed by atoms with E-state index < -0.39 is 47.0 Å². The molecule has 2 aromatic rings. The van der Waals surface area contributed by atoms with Crippen LogP contribution in [0, 0.1) is 23.5 Å². The lowest BCUT2D eigenvalue weighted by atomic mass is 10.0. The van der Waals surface area contributed by atoms with Crippen LogP contribution in [0.2, 0.25) is 0 Å². The van der Waals surface area contributed by atoms with Crippen molar-refractivity contribution >= 4 is 11.5 Å². The van der Waals surface area contributed by atoms with Gasteiger partial charge in [0.25, 0.3) is 11.9 Å². The zero-order chi connectivity index (χ0) is 19.8. The summed E-state index contributed by atoms with van der Waals surface area (Å²) < 4.78 is 91.3. The molecule has 0 atom stereocenters. The molecular formula is C16H13F7N4. The minimum atomic E-state index is -4.48. The van der Waals surface area contributed by atoms with Crippen molar-refractivity contribution < 1.29 is 30.7 Å². The molecule has 1 aliphatic rings. The lowest BCUT2D eigenvalue weighted by Gasteiger charge is -2.33. The van der Waals surface area contributed by atoms with Gasteiger partial charge < -0.3 is 10.2 Å². The Morgan fingerprint density at radius 2 is 1.56 bits per heavy atom. The van der Waals surface area contributed by atoms with Crippen molar-refractivity contribution in [3.63, 3.8) is 0 Å². The van der Waals surface area contributed by atoms with Crippen molar-refractivity contribution in [3.8, 4) is 0 Å². The van der Waals surface area contributed by atoms with E-state index in [9.17, 15) is 30.7 Å². The van der Waals surface area contributed by atoms with Crippen LogP contribution in [-0.4, -0.2) is 29.1 Å². The van der Waals surface area contributed by atoms with Crippen molar-refractivity contribution in [2.75, 3.05) is 23.3 Å². The molecule has 3 rings (SSSR count). The van der Waals surface area contributed by atoms with Gasteiger partial charge in [0.05, 0.1) is 5.56 Å². The molecular weight excluding hydrogens is 381 g/mol. The maximum atomic E-state index is 13.7. The van der Waals surface area contributed by atoms with Gasteiger partial charge in [-0.2, -0.15) is 35.7 Å². The third-order valence-corrected chi connectivity index (χ3v) is 4.24. The van der Waals surface area contributed by atoms with Gasteiger partial charge >= 0.3 is 6.18 Å². The Kier molecular flexibility index (Phi) is 5.11. The monoisotopic (exact) mass is 394 g/mol. The largest absolute Gasteiger partial charge is 0.417 e. The highest BCUT2D eigenvalue weighted by Gasteiger charge is 2.31. The summed E-state index contributed by atoms with van der Waals surface area (Å²) in [5.41, 5.74) is -1.79. The van der Waals surface area contributed by atoms with Crippen LogP contribution in [0.5, 0.6) is 0 Å². The van der Waals surface area contributed by atoms with E-state index in [2.05, 4.69) is 15.3 Å². The Morgan fingerprint density at radius 3 is 2.04 bits per heavy atom. The lowest BCUT2D eigenvalue weighted by Crippen LogP contribution is -2.40. The number of hydrogen-bond donors (Lipinski definition) is 1. The number of piperidine rings is 1. The van der Waals surface area contributed by atoms with Crippen LogP contribution in [0.4, 0.5) is 42.2 Å². The molecule has 0 aromatic carbocycles.